The van der Waals surface area contributed by atoms with Crippen molar-refractivity contribution in [3.05, 3.63) is 0 Å². The second-order valence-electron chi connectivity index (χ2n) is 10.6. The van der Waals surface area contributed by atoms with Crippen molar-refractivity contribution in [2.24, 2.45) is 23.7 Å². The Morgan fingerprint density at radius 1 is 0.815 bits per heavy atom. The van der Waals surface area contributed by atoms with Gasteiger partial charge in [-0.25, -0.2) is 0 Å². The lowest BCUT2D eigenvalue weighted by Gasteiger charge is -2.47. The van der Waals surface area contributed by atoms with E-state index in [2.05, 4.69) is 37.5 Å². The molecule has 3 rings (SSSR count). The molecule has 0 aromatic rings. The van der Waals surface area contributed by atoms with Gasteiger partial charge in [-0.1, -0.05) is 13.8 Å². The van der Waals surface area contributed by atoms with Crippen molar-refractivity contribution in [1.82, 2.24) is 9.80 Å². The van der Waals surface area contributed by atoms with E-state index in [1.54, 1.807) is 0 Å². The first-order valence-corrected chi connectivity index (χ1v) is 12.1. The second-order valence-corrected chi connectivity index (χ2v) is 10.6. The zero-order chi connectivity index (χ0) is 19.2. The van der Waals surface area contributed by atoms with E-state index in [1.165, 1.54) is 84.1 Å². The largest absolute Gasteiger partial charge is 0.379 e. The lowest BCUT2D eigenvalue weighted by atomic mass is 9.77. The first-order chi connectivity index (χ1) is 13.0. The Labute approximate surface area is 169 Å². The van der Waals surface area contributed by atoms with Crippen LogP contribution >= 0.6 is 0 Å². The molecule has 0 bridgehead atoms. The van der Waals surface area contributed by atoms with Gasteiger partial charge >= 0.3 is 0 Å². The molecule has 0 radical (unpaired) electrons. The van der Waals surface area contributed by atoms with Crippen LogP contribution in [0.25, 0.3) is 0 Å². The lowest BCUT2D eigenvalue weighted by Crippen LogP contribution is -2.51. The molecule has 0 spiro atoms. The lowest BCUT2D eigenvalue weighted by molar-refractivity contribution is 0.0222. The van der Waals surface area contributed by atoms with Crippen molar-refractivity contribution in [3.63, 3.8) is 0 Å². The normalized spacial score (nSPS) is 29.6. The maximum absolute atomic E-state index is 5.74. The van der Waals surface area contributed by atoms with E-state index >= 15 is 0 Å². The van der Waals surface area contributed by atoms with Crippen LogP contribution in [0.3, 0.4) is 0 Å². The minimum atomic E-state index is 0.387. The van der Waals surface area contributed by atoms with E-state index in [0.29, 0.717) is 6.10 Å². The Kier molecular flexibility index (Phi) is 8.47. The molecule has 27 heavy (non-hydrogen) atoms. The summed E-state index contributed by atoms with van der Waals surface area (Å²) >= 11 is 0. The van der Waals surface area contributed by atoms with Crippen LogP contribution < -0.4 is 0 Å². The molecule has 1 aliphatic carbocycles. The van der Waals surface area contributed by atoms with Crippen LogP contribution in [0.2, 0.25) is 0 Å². The smallest absolute Gasteiger partial charge is 0.0518 e. The molecule has 0 N–H and O–H groups in total. The number of hydrogen-bond donors (Lipinski definition) is 0. The fraction of sp³-hybridized carbons (Fsp3) is 1.00. The molecule has 0 aromatic carbocycles. The molecule has 0 amide bonds. The highest BCUT2D eigenvalue weighted by Gasteiger charge is 2.36. The number of rotatable bonds is 9. The number of ether oxygens (including phenoxy) is 1. The van der Waals surface area contributed by atoms with Crippen molar-refractivity contribution >= 4 is 0 Å². The molecule has 3 nitrogen and oxygen atoms in total. The summed E-state index contributed by atoms with van der Waals surface area (Å²) in [5.74, 6) is 3.76. The third kappa shape index (κ3) is 7.01. The predicted molar refractivity (Wildman–Crippen MR) is 115 cm³/mol. The fourth-order valence-corrected chi connectivity index (χ4v) is 5.66. The van der Waals surface area contributed by atoms with Crippen molar-refractivity contribution in [2.75, 3.05) is 39.3 Å². The molecule has 3 heteroatoms. The molecule has 2 aliphatic heterocycles. The molecule has 0 unspecified atom stereocenters. The van der Waals surface area contributed by atoms with E-state index in [4.69, 9.17) is 4.74 Å². The summed E-state index contributed by atoms with van der Waals surface area (Å²) in [7, 11) is 0. The third-order valence-electron chi connectivity index (χ3n) is 7.38. The van der Waals surface area contributed by atoms with Crippen LogP contribution in [0, 0.1) is 23.7 Å². The number of hydrogen-bond acceptors (Lipinski definition) is 3. The molecule has 0 aromatic heterocycles. The highest BCUT2D eigenvalue weighted by molar-refractivity contribution is 4.91. The van der Waals surface area contributed by atoms with Crippen LogP contribution in [-0.4, -0.2) is 61.3 Å². The highest BCUT2D eigenvalue weighted by atomic mass is 16.5. The third-order valence-corrected chi connectivity index (χ3v) is 7.38. The summed E-state index contributed by atoms with van der Waals surface area (Å²) in [4.78, 5) is 5.59. The quantitative estimate of drug-likeness (QED) is 0.558. The van der Waals surface area contributed by atoms with Crippen molar-refractivity contribution in [2.45, 2.75) is 91.2 Å². The molecular weight excluding hydrogens is 332 g/mol. The van der Waals surface area contributed by atoms with Gasteiger partial charge in [0.15, 0.2) is 0 Å². The molecule has 3 aliphatic rings. The monoisotopic (exact) mass is 378 g/mol. The summed E-state index contributed by atoms with van der Waals surface area (Å²) in [6, 6.07) is 0.917. The van der Waals surface area contributed by atoms with E-state index < -0.39 is 0 Å². The standard InChI is InChI=1S/C24H46N2O/c1-19(2)15-22-7-12-26(13-8-22)24-16-23(17-24)18-25-10-5-21(6-11-25)9-14-27-20(3)4/h19-24H,5-18H2,1-4H3/t23-,24-. The summed E-state index contributed by atoms with van der Waals surface area (Å²) in [5.41, 5.74) is 0. The highest BCUT2D eigenvalue weighted by Crippen LogP contribution is 2.36. The Morgan fingerprint density at radius 3 is 2.04 bits per heavy atom. The van der Waals surface area contributed by atoms with Gasteiger partial charge in [-0.3, -0.25) is 0 Å². The van der Waals surface area contributed by atoms with Crippen LogP contribution in [-0.2, 0) is 4.74 Å². The fourth-order valence-electron chi connectivity index (χ4n) is 5.66. The maximum atomic E-state index is 5.74. The zero-order valence-electron chi connectivity index (χ0n) is 18.7. The second kappa shape index (κ2) is 10.6. The Balaban J connectivity index is 1.24. The molecular formula is C24H46N2O. The van der Waals surface area contributed by atoms with Crippen LogP contribution in [0.4, 0.5) is 0 Å². The molecule has 3 fully saturated rings. The molecule has 2 saturated heterocycles. The van der Waals surface area contributed by atoms with Gasteiger partial charge in [-0.05, 0) is 115 Å². The van der Waals surface area contributed by atoms with E-state index in [0.717, 1.165) is 36.3 Å². The van der Waals surface area contributed by atoms with Crippen LogP contribution in [0.5, 0.6) is 0 Å². The van der Waals surface area contributed by atoms with Gasteiger partial charge in [0.05, 0.1) is 6.10 Å². The number of likely N-dealkylation sites (tertiary alicyclic amines) is 2. The summed E-state index contributed by atoms with van der Waals surface area (Å²) in [6.07, 6.45) is 11.7. The van der Waals surface area contributed by atoms with E-state index in [1.807, 2.05) is 0 Å². The molecule has 0 atom stereocenters. The Morgan fingerprint density at radius 2 is 1.44 bits per heavy atom. The zero-order valence-corrected chi connectivity index (χ0v) is 18.7. The maximum Gasteiger partial charge on any atom is 0.0518 e. The first-order valence-electron chi connectivity index (χ1n) is 12.1. The van der Waals surface area contributed by atoms with Crippen molar-refractivity contribution in [3.8, 4) is 0 Å². The average Bonchev–Trinajstić information content (AvgIpc) is 2.59. The SMILES string of the molecule is CC(C)CC1CCN([C@H]2C[C@H](CN3CCC(CCOC(C)C)CC3)C2)CC1. The van der Waals surface area contributed by atoms with E-state index in [-0.39, 0.29) is 0 Å². The van der Waals surface area contributed by atoms with Crippen LogP contribution in [0.15, 0.2) is 0 Å². The van der Waals surface area contributed by atoms with Crippen LogP contribution in [0.1, 0.15) is 79.1 Å². The summed E-state index contributed by atoms with van der Waals surface area (Å²) in [5, 5.41) is 0. The van der Waals surface area contributed by atoms with Gasteiger partial charge in [0.25, 0.3) is 0 Å². The van der Waals surface area contributed by atoms with Gasteiger partial charge in [0.2, 0.25) is 0 Å². The topological polar surface area (TPSA) is 15.7 Å². The number of piperidine rings is 2. The summed E-state index contributed by atoms with van der Waals surface area (Å²) < 4.78 is 5.74. The molecule has 2 heterocycles. The van der Waals surface area contributed by atoms with E-state index in [9.17, 15) is 0 Å². The van der Waals surface area contributed by atoms with Gasteiger partial charge in [0.1, 0.15) is 0 Å². The predicted octanol–water partition coefficient (Wildman–Crippen LogP) is 5.05. The van der Waals surface area contributed by atoms with Crippen molar-refractivity contribution in [1.29, 1.82) is 0 Å². The van der Waals surface area contributed by atoms with Gasteiger partial charge in [0, 0.05) is 19.2 Å². The van der Waals surface area contributed by atoms with Gasteiger partial charge in [-0.2, -0.15) is 0 Å². The van der Waals surface area contributed by atoms with Crippen molar-refractivity contribution < 1.29 is 4.74 Å². The Hall–Kier alpha value is -0.120. The molecule has 158 valence electrons. The Bertz CT molecular complexity index is 403. The molecule has 1 saturated carbocycles. The van der Waals surface area contributed by atoms with Gasteiger partial charge < -0.3 is 14.5 Å². The minimum absolute atomic E-state index is 0.387. The minimum Gasteiger partial charge on any atom is -0.379 e. The summed E-state index contributed by atoms with van der Waals surface area (Å²) in [6.45, 7) is 16.8. The average molecular weight is 379 g/mol. The first kappa shape index (κ1) is 21.6. The number of nitrogens with zero attached hydrogens (tertiary/aromatic N) is 2. The van der Waals surface area contributed by atoms with Gasteiger partial charge in [-0.15, -0.1) is 0 Å².